The molecule has 0 aromatic heterocycles. The van der Waals surface area contributed by atoms with Gasteiger partial charge in [-0.3, -0.25) is 14.9 Å². The van der Waals surface area contributed by atoms with Gasteiger partial charge in [0.15, 0.2) is 5.75 Å². The molecular formula is C17H16N2O6. The highest BCUT2D eigenvalue weighted by Gasteiger charge is 2.19. The number of carbonyl (C=O) groups excluding carboxylic acids is 2. The maximum absolute atomic E-state index is 12.4. The topological polar surface area (TPSA) is 108 Å². The molecule has 1 N–H and O–H groups in total. The zero-order valence-electron chi connectivity index (χ0n) is 13.6. The lowest BCUT2D eigenvalue weighted by Gasteiger charge is -2.11. The highest BCUT2D eigenvalue weighted by atomic mass is 16.6. The number of nitrogens with one attached hydrogen (secondary N) is 1. The Bertz CT molecular complexity index is 819. The van der Waals surface area contributed by atoms with Gasteiger partial charge in [0.1, 0.15) is 0 Å². The van der Waals surface area contributed by atoms with Crippen LogP contribution in [0.2, 0.25) is 0 Å². The van der Waals surface area contributed by atoms with E-state index in [9.17, 15) is 19.7 Å². The van der Waals surface area contributed by atoms with Crippen LogP contribution in [0.4, 0.5) is 11.4 Å². The fraction of sp³-hybridized carbons (Fsp3) is 0.176. The van der Waals surface area contributed by atoms with E-state index >= 15 is 0 Å². The maximum Gasteiger partial charge on any atom is 0.340 e. The third-order valence-electron chi connectivity index (χ3n) is 3.31. The second kappa shape index (κ2) is 7.91. The second-order valence-corrected chi connectivity index (χ2v) is 4.86. The molecule has 130 valence electrons. The summed E-state index contributed by atoms with van der Waals surface area (Å²) in [6.45, 7) is 1.89. The number of anilines is 1. The van der Waals surface area contributed by atoms with E-state index in [0.29, 0.717) is 0 Å². The van der Waals surface area contributed by atoms with Gasteiger partial charge in [-0.15, -0.1) is 0 Å². The molecule has 0 radical (unpaired) electrons. The number of carbonyl (C=O) groups is 2. The Balaban J connectivity index is 2.29. The Morgan fingerprint density at radius 2 is 1.92 bits per heavy atom. The Morgan fingerprint density at radius 3 is 2.56 bits per heavy atom. The molecule has 2 rings (SSSR count). The number of ether oxygens (including phenoxy) is 2. The summed E-state index contributed by atoms with van der Waals surface area (Å²) >= 11 is 0. The zero-order chi connectivity index (χ0) is 18.4. The van der Waals surface area contributed by atoms with Gasteiger partial charge < -0.3 is 14.8 Å². The van der Waals surface area contributed by atoms with Crippen molar-refractivity contribution in [3.8, 4) is 5.75 Å². The Labute approximate surface area is 143 Å². The van der Waals surface area contributed by atoms with Gasteiger partial charge in [0.2, 0.25) is 0 Å². The minimum Gasteiger partial charge on any atom is -0.490 e. The molecule has 25 heavy (non-hydrogen) atoms. The highest BCUT2D eigenvalue weighted by molar-refractivity contribution is 6.08. The Morgan fingerprint density at radius 1 is 1.20 bits per heavy atom. The Hall–Kier alpha value is -3.42. The third kappa shape index (κ3) is 4.11. The molecule has 0 aliphatic heterocycles. The molecule has 0 aliphatic carbocycles. The number of hydrogen-bond acceptors (Lipinski definition) is 6. The van der Waals surface area contributed by atoms with Crippen LogP contribution in [0.3, 0.4) is 0 Å². The minimum atomic E-state index is -0.601. The predicted octanol–water partition coefficient (Wildman–Crippen LogP) is 3.03. The van der Waals surface area contributed by atoms with E-state index in [1.165, 1.54) is 31.4 Å². The number of nitro benzene ring substituents is 1. The van der Waals surface area contributed by atoms with Gasteiger partial charge >= 0.3 is 11.7 Å². The lowest BCUT2D eigenvalue weighted by atomic mass is 10.1. The fourth-order valence-corrected chi connectivity index (χ4v) is 2.14. The van der Waals surface area contributed by atoms with Crippen LogP contribution in [0.5, 0.6) is 5.75 Å². The third-order valence-corrected chi connectivity index (χ3v) is 3.31. The molecule has 0 unspecified atom stereocenters. The number of benzene rings is 2. The molecule has 0 bridgehead atoms. The van der Waals surface area contributed by atoms with Gasteiger partial charge in [-0.05, 0) is 25.1 Å². The number of rotatable bonds is 6. The monoisotopic (exact) mass is 344 g/mol. The van der Waals surface area contributed by atoms with Crippen LogP contribution in [0.25, 0.3) is 0 Å². The van der Waals surface area contributed by atoms with Gasteiger partial charge in [0.05, 0.1) is 29.9 Å². The highest BCUT2D eigenvalue weighted by Crippen LogP contribution is 2.28. The van der Waals surface area contributed by atoms with Crippen molar-refractivity contribution >= 4 is 23.3 Å². The number of methoxy groups -OCH3 is 1. The van der Waals surface area contributed by atoms with Crippen LogP contribution in [-0.4, -0.2) is 30.5 Å². The van der Waals surface area contributed by atoms with Crippen molar-refractivity contribution in [2.75, 3.05) is 19.0 Å². The second-order valence-electron chi connectivity index (χ2n) is 4.86. The van der Waals surface area contributed by atoms with Crippen LogP contribution in [0.15, 0.2) is 42.5 Å². The molecule has 8 nitrogen and oxygen atoms in total. The first-order valence-corrected chi connectivity index (χ1v) is 7.37. The normalized spacial score (nSPS) is 10.0. The molecule has 0 spiro atoms. The van der Waals surface area contributed by atoms with Crippen molar-refractivity contribution in [2.24, 2.45) is 0 Å². The average Bonchev–Trinajstić information content (AvgIpc) is 2.61. The van der Waals surface area contributed by atoms with Crippen molar-refractivity contribution in [3.05, 3.63) is 63.7 Å². The summed E-state index contributed by atoms with van der Waals surface area (Å²) in [5.74, 6) is -1.12. The summed E-state index contributed by atoms with van der Waals surface area (Å²) in [4.78, 5) is 34.6. The van der Waals surface area contributed by atoms with Gasteiger partial charge in [-0.2, -0.15) is 0 Å². The van der Waals surface area contributed by atoms with Crippen LogP contribution in [0.1, 0.15) is 27.6 Å². The van der Waals surface area contributed by atoms with Gasteiger partial charge in [-0.25, -0.2) is 4.79 Å². The summed E-state index contributed by atoms with van der Waals surface area (Å²) in [7, 11) is 1.28. The zero-order valence-corrected chi connectivity index (χ0v) is 13.6. The van der Waals surface area contributed by atoms with E-state index < -0.39 is 16.8 Å². The molecule has 0 fully saturated rings. The molecule has 0 saturated heterocycles. The fourth-order valence-electron chi connectivity index (χ4n) is 2.14. The first-order valence-electron chi connectivity index (χ1n) is 7.37. The maximum atomic E-state index is 12.4. The number of esters is 1. The summed E-state index contributed by atoms with van der Waals surface area (Å²) in [6.07, 6.45) is 0. The van der Waals surface area contributed by atoms with Crippen molar-refractivity contribution in [1.82, 2.24) is 0 Å². The molecule has 2 aromatic rings. The van der Waals surface area contributed by atoms with E-state index in [2.05, 4.69) is 5.32 Å². The van der Waals surface area contributed by atoms with Gasteiger partial charge in [-0.1, -0.05) is 12.1 Å². The van der Waals surface area contributed by atoms with Crippen molar-refractivity contribution in [1.29, 1.82) is 0 Å². The average molecular weight is 344 g/mol. The molecule has 8 heteroatoms. The molecule has 0 saturated carbocycles. The molecule has 2 aromatic carbocycles. The summed E-state index contributed by atoms with van der Waals surface area (Å²) in [6, 6.07) is 10.2. The number of nitrogens with zero attached hydrogens (tertiary/aromatic N) is 1. The standard InChI is InChI=1S/C17H16N2O6/c1-3-25-17(21)12-6-4-5-7-13(12)18-16(20)11-8-9-14(19(22)23)15(10-11)24-2/h4-10H,3H2,1-2H3,(H,18,20). The van der Waals surface area contributed by atoms with E-state index in [1.54, 1.807) is 25.1 Å². The number of hydrogen-bond donors (Lipinski definition) is 1. The van der Waals surface area contributed by atoms with E-state index in [-0.39, 0.29) is 34.9 Å². The first kappa shape index (κ1) is 17.9. The van der Waals surface area contributed by atoms with Crippen molar-refractivity contribution in [2.45, 2.75) is 6.92 Å². The molecular weight excluding hydrogens is 328 g/mol. The van der Waals surface area contributed by atoms with Crippen molar-refractivity contribution in [3.63, 3.8) is 0 Å². The summed E-state index contributed by atoms with van der Waals surface area (Å²) in [5.41, 5.74) is 0.405. The number of para-hydroxylation sites is 1. The molecule has 0 heterocycles. The summed E-state index contributed by atoms with van der Waals surface area (Å²) in [5, 5.41) is 13.5. The first-order chi connectivity index (χ1) is 12.0. The molecule has 0 aliphatic rings. The summed E-state index contributed by atoms with van der Waals surface area (Å²) < 4.78 is 9.90. The van der Waals surface area contributed by atoms with E-state index in [0.717, 1.165) is 0 Å². The Kier molecular flexibility index (Phi) is 5.67. The molecule has 0 atom stereocenters. The predicted molar refractivity (Wildman–Crippen MR) is 90.0 cm³/mol. The lowest BCUT2D eigenvalue weighted by molar-refractivity contribution is -0.385. The SMILES string of the molecule is CCOC(=O)c1ccccc1NC(=O)c1ccc([N+](=O)[O-])c(OC)c1. The lowest BCUT2D eigenvalue weighted by Crippen LogP contribution is -2.16. The van der Waals surface area contributed by atoms with Gasteiger partial charge in [0.25, 0.3) is 5.91 Å². The number of amides is 1. The minimum absolute atomic E-state index is 0.0312. The van der Waals surface area contributed by atoms with Crippen LogP contribution in [-0.2, 0) is 4.74 Å². The number of nitro groups is 1. The molecule has 1 amide bonds. The smallest absolute Gasteiger partial charge is 0.340 e. The van der Waals surface area contributed by atoms with Crippen LogP contribution >= 0.6 is 0 Å². The van der Waals surface area contributed by atoms with E-state index in [4.69, 9.17) is 9.47 Å². The van der Waals surface area contributed by atoms with Crippen LogP contribution in [0, 0.1) is 10.1 Å². The van der Waals surface area contributed by atoms with E-state index in [1.807, 2.05) is 0 Å². The quantitative estimate of drug-likeness (QED) is 0.490. The van der Waals surface area contributed by atoms with Crippen LogP contribution < -0.4 is 10.1 Å². The van der Waals surface area contributed by atoms with Gasteiger partial charge in [0, 0.05) is 17.7 Å². The largest absolute Gasteiger partial charge is 0.490 e. The van der Waals surface area contributed by atoms with Crippen molar-refractivity contribution < 1.29 is 24.0 Å².